The molecule has 3 rings (SSSR count). The van der Waals surface area contributed by atoms with Gasteiger partial charge in [0.15, 0.2) is 0 Å². The van der Waals surface area contributed by atoms with E-state index in [1.807, 2.05) is 28.9 Å². The predicted octanol–water partition coefficient (Wildman–Crippen LogP) is 3.78. The number of benzene rings is 1. The number of aryl methyl sites for hydroxylation is 1. The fourth-order valence-corrected chi connectivity index (χ4v) is 2.66. The van der Waals surface area contributed by atoms with Gasteiger partial charge in [-0.05, 0) is 37.7 Å². The Morgan fingerprint density at radius 1 is 1.38 bits per heavy atom. The predicted molar refractivity (Wildman–Crippen MR) is 81.4 cm³/mol. The molecule has 1 saturated carbocycles. The quantitative estimate of drug-likeness (QED) is 0.909. The van der Waals surface area contributed by atoms with Crippen LogP contribution in [0.5, 0.6) is 0 Å². The van der Waals surface area contributed by atoms with Gasteiger partial charge in [-0.2, -0.15) is 5.10 Å². The molecule has 1 aliphatic rings. The molecular formula is C17H20N2O2. The number of aromatic nitrogens is 2. The monoisotopic (exact) mass is 284 g/mol. The molecule has 1 N–H and O–H groups in total. The molecule has 2 aromatic rings. The van der Waals surface area contributed by atoms with Crippen molar-refractivity contribution in [3.63, 3.8) is 0 Å². The first-order valence-electron chi connectivity index (χ1n) is 7.52. The zero-order valence-corrected chi connectivity index (χ0v) is 12.4. The van der Waals surface area contributed by atoms with Gasteiger partial charge in [0.1, 0.15) is 11.3 Å². The van der Waals surface area contributed by atoms with Gasteiger partial charge >= 0.3 is 5.97 Å². The van der Waals surface area contributed by atoms with Crippen molar-refractivity contribution in [1.29, 1.82) is 0 Å². The molecule has 1 atom stereocenters. The summed E-state index contributed by atoms with van der Waals surface area (Å²) in [5.41, 5.74) is 2.96. The van der Waals surface area contributed by atoms with Crippen molar-refractivity contribution in [3.05, 3.63) is 41.6 Å². The van der Waals surface area contributed by atoms with Crippen molar-refractivity contribution in [2.45, 2.75) is 39.2 Å². The molecule has 4 heteroatoms. The summed E-state index contributed by atoms with van der Waals surface area (Å²) in [7, 11) is 0. The first-order chi connectivity index (χ1) is 10.1. The van der Waals surface area contributed by atoms with Gasteiger partial charge < -0.3 is 5.11 Å². The Morgan fingerprint density at radius 2 is 2.05 bits per heavy atom. The molecule has 1 aromatic heterocycles. The summed E-state index contributed by atoms with van der Waals surface area (Å²) in [6.07, 6.45) is 5.07. The fraction of sp³-hybridized carbons (Fsp3) is 0.412. The van der Waals surface area contributed by atoms with E-state index in [2.05, 4.69) is 18.9 Å². The lowest BCUT2D eigenvalue weighted by Crippen LogP contribution is -2.07. The van der Waals surface area contributed by atoms with E-state index in [0.29, 0.717) is 11.6 Å². The summed E-state index contributed by atoms with van der Waals surface area (Å²) in [5, 5.41) is 14.0. The van der Waals surface area contributed by atoms with Gasteiger partial charge in [-0.15, -0.1) is 0 Å². The summed E-state index contributed by atoms with van der Waals surface area (Å²) in [6, 6.07) is 8.25. The minimum atomic E-state index is -0.918. The van der Waals surface area contributed by atoms with Crippen LogP contribution in [0.2, 0.25) is 0 Å². The fourth-order valence-electron chi connectivity index (χ4n) is 2.66. The number of aromatic carboxylic acids is 1. The lowest BCUT2D eigenvalue weighted by Gasteiger charge is -2.09. The van der Waals surface area contributed by atoms with Gasteiger partial charge in [0.05, 0.1) is 6.04 Å². The molecular weight excluding hydrogens is 264 g/mol. The second-order valence-electron chi connectivity index (χ2n) is 5.81. The highest BCUT2D eigenvalue weighted by Gasteiger charge is 2.31. The van der Waals surface area contributed by atoms with Gasteiger partial charge in [0.2, 0.25) is 0 Å². The molecule has 0 aliphatic heterocycles. The van der Waals surface area contributed by atoms with Crippen LogP contribution in [-0.2, 0) is 6.42 Å². The minimum Gasteiger partial charge on any atom is -0.478 e. The number of carboxylic acid groups (broad SMARTS) is 1. The van der Waals surface area contributed by atoms with E-state index >= 15 is 0 Å². The van der Waals surface area contributed by atoms with Crippen molar-refractivity contribution in [2.24, 2.45) is 5.92 Å². The van der Waals surface area contributed by atoms with Crippen LogP contribution in [0, 0.1) is 5.92 Å². The van der Waals surface area contributed by atoms with Crippen LogP contribution in [0.4, 0.5) is 0 Å². The molecule has 0 spiro atoms. The molecule has 0 bridgehead atoms. The smallest absolute Gasteiger partial charge is 0.339 e. The topological polar surface area (TPSA) is 55.1 Å². The average Bonchev–Trinajstić information content (AvgIpc) is 3.24. The van der Waals surface area contributed by atoms with Crippen LogP contribution >= 0.6 is 0 Å². The molecule has 1 heterocycles. The number of nitrogens with zero attached hydrogens (tertiary/aromatic N) is 2. The summed E-state index contributed by atoms with van der Waals surface area (Å²) < 4.78 is 1.82. The molecule has 1 unspecified atom stereocenters. The van der Waals surface area contributed by atoms with Crippen molar-refractivity contribution in [3.8, 4) is 11.3 Å². The first-order valence-corrected chi connectivity index (χ1v) is 7.52. The largest absolute Gasteiger partial charge is 0.478 e. The number of carbonyl (C=O) groups is 1. The van der Waals surface area contributed by atoms with Crippen LogP contribution in [0.15, 0.2) is 30.5 Å². The van der Waals surface area contributed by atoms with Gasteiger partial charge in [0.25, 0.3) is 0 Å². The average molecular weight is 284 g/mol. The van der Waals surface area contributed by atoms with E-state index in [9.17, 15) is 9.90 Å². The van der Waals surface area contributed by atoms with E-state index in [-0.39, 0.29) is 11.6 Å². The van der Waals surface area contributed by atoms with E-state index < -0.39 is 5.97 Å². The molecule has 1 aromatic carbocycles. The van der Waals surface area contributed by atoms with Gasteiger partial charge in [-0.3, -0.25) is 4.68 Å². The number of carboxylic acids is 1. The maximum atomic E-state index is 11.5. The molecule has 0 amide bonds. The standard InChI is InChI=1S/C17H20N2O2/c1-3-12-4-6-14(7-5-12)16-15(17(20)21)10-19(18-16)11(2)13-8-9-13/h4-7,10-11,13H,3,8-9H2,1-2H3,(H,20,21). The first kappa shape index (κ1) is 13.9. The molecule has 4 nitrogen and oxygen atoms in total. The highest BCUT2D eigenvalue weighted by Crippen LogP contribution is 2.39. The molecule has 1 fully saturated rings. The van der Waals surface area contributed by atoms with Crippen LogP contribution < -0.4 is 0 Å². The van der Waals surface area contributed by atoms with Gasteiger partial charge in [0, 0.05) is 11.8 Å². The molecule has 0 saturated heterocycles. The zero-order valence-electron chi connectivity index (χ0n) is 12.4. The van der Waals surface area contributed by atoms with Crippen LogP contribution in [-0.4, -0.2) is 20.9 Å². The second-order valence-corrected chi connectivity index (χ2v) is 5.81. The normalized spacial score (nSPS) is 15.9. The Bertz CT molecular complexity index is 654. The minimum absolute atomic E-state index is 0.270. The third kappa shape index (κ3) is 2.71. The molecule has 1 aliphatic carbocycles. The maximum absolute atomic E-state index is 11.5. The van der Waals surface area contributed by atoms with Crippen molar-refractivity contribution in [1.82, 2.24) is 9.78 Å². The number of rotatable bonds is 5. The maximum Gasteiger partial charge on any atom is 0.339 e. The molecule has 110 valence electrons. The summed E-state index contributed by atoms with van der Waals surface area (Å²) in [5.74, 6) is -0.277. The van der Waals surface area contributed by atoms with E-state index in [1.165, 1.54) is 18.4 Å². The van der Waals surface area contributed by atoms with Crippen LogP contribution in [0.3, 0.4) is 0 Å². The van der Waals surface area contributed by atoms with E-state index in [0.717, 1.165) is 12.0 Å². The molecule has 21 heavy (non-hydrogen) atoms. The zero-order chi connectivity index (χ0) is 15.0. The lowest BCUT2D eigenvalue weighted by molar-refractivity contribution is 0.0697. The SMILES string of the molecule is CCc1ccc(-c2nn(C(C)C3CC3)cc2C(=O)O)cc1. The Balaban J connectivity index is 2.00. The Kier molecular flexibility index (Phi) is 3.53. The third-order valence-corrected chi connectivity index (χ3v) is 4.32. The number of hydrogen-bond acceptors (Lipinski definition) is 2. The second kappa shape index (κ2) is 5.35. The van der Waals surface area contributed by atoms with Gasteiger partial charge in [-0.1, -0.05) is 31.2 Å². The van der Waals surface area contributed by atoms with Gasteiger partial charge in [-0.25, -0.2) is 4.79 Å². The molecule has 0 radical (unpaired) electrons. The van der Waals surface area contributed by atoms with Crippen LogP contribution in [0.1, 0.15) is 48.7 Å². The van der Waals surface area contributed by atoms with Crippen LogP contribution in [0.25, 0.3) is 11.3 Å². The highest BCUT2D eigenvalue weighted by molar-refractivity contribution is 5.94. The third-order valence-electron chi connectivity index (χ3n) is 4.32. The van der Waals surface area contributed by atoms with E-state index in [4.69, 9.17) is 0 Å². The number of hydrogen-bond donors (Lipinski definition) is 1. The summed E-state index contributed by atoms with van der Waals surface area (Å²) in [4.78, 5) is 11.5. The van der Waals surface area contributed by atoms with Crippen molar-refractivity contribution >= 4 is 5.97 Å². The Hall–Kier alpha value is -2.10. The summed E-state index contributed by atoms with van der Waals surface area (Å²) >= 11 is 0. The lowest BCUT2D eigenvalue weighted by atomic mass is 10.1. The Labute approximate surface area is 124 Å². The van der Waals surface area contributed by atoms with Crippen molar-refractivity contribution < 1.29 is 9.90 Å². The van der Waals surface area contributed by atoms with Crippen molar-refractivity contribution in [2.75, 3.05) is 0 Å². The van der Waals surface area contributed by atoms with E-state index in [1.54, 1.807) is 6.20 Å². The summed E-state index contributed by atoms with van der Waals surface area (Å²) in [6.45, 7) is 4.21. The Morgan fingerprint density at radius 3 is 2.57 bits per heavy atom. The highest BCUT2D eigenvalue weighted by atomic mass is 16.4.